The lowest BCUT2D eigenvalue weighted by molar-refractivity contribution is 0.984. The second-order valence-corrected chi connectivity index (χ2v) is 4.34. The fourth-order valence-electron chi connectivity index (χ4n) is 1.55. The number of nitrogens with zero attached hydrogens (tertiary/aromatic N) is 1. The average Bonchev–Trinajstić information content (AvgIpc) is 2.69. The molecule has 0 aliphatic heterocycles. The minimum absolute atomic E-state index is 0.606. The van der Waals surface area contributed by atoms with Gasteiger partial charge in [-0.05, 0) is 23.5 Å². The number of aromatic nitrogens is 1. The molecule has 0 amide bonds. The Labute approximate surface area is 99.5 Å². The van der Waals surface area contributed by atoms with Gasteiger partial charge in [0.15, 0.2) is 0 Å². The average molecular weight is 233 g/mol. The summed E-state index contributed by atoms with van der Waals surface area (Å²) in [6, 6.07) is 10.1. The molecule has 0 saturated heterocycles. The molecular formula is C12H15N3S. The van der Waals surface area contributed by atoms with Crippen molar-refractivity contribution >= 4 is 22.4 Å². The lowest BCUT2D eigenvalue weighted by Gasteiger charge is -2.05. The summed E-state index contributed by atoms with van der Waals surface area (Å²) in [5.41, 5.74) is 8.05. The highest BCUT2D eigenvalue weighted by Gasteiger charge is 2.12. The minimum atomic E-state index is 0.606. The van der Waals surface area contributed by atoms with Crippen molar-refractivity contribution in [2.45, 2.75) is 13.3 Å². The second kappa shape index (κ2) is 4.99. The van der Waals surface area contributed by atoms with Crippen LogP contribution in [0, 0.1) is 0 Å². The van der Waals surface area contributed by atoms with Crippen molar-refractivity contribution in [1.29, 1.82) is 0 Å². The zero-order valence-electron chi connectivity index (χ0n) is 9.23. The summed E-state index contributed by atoms with van der Waals surface area (Å²) in [5.74, 6) is 0.606. The highest BCUT2D eigenvalue weighted by Crippen LogP contribution is 2.36. The number of hydrogen-bond acceptors (Lipinski definition) is 4. The maximum Gasteiger partial charge on any atom is 0.147 e. The molecule has 3 N–H and O–H groups in total. The van der Waals surface area contributed by atoms with Crippen molar-refractivity contribution in [2.24, 2.45) is 0 Å². The Morgan fingerprint density at radius 2 is 2.06 bits per heavy atom. The third-order valence-electron chi connectivity index (χ3n) is 2.32. The van der Waals surface area contributed by atoms with Crippen LogP contribution in [0.25, 0.3) is 11.1 Å². The first-order valence-electron chi connectivity index (χ1n) is 5.37. The minimum Gasteiger partial charge on any atom is -0.382 e. The summed E-state index contributed by atoms with van der Waals surface area (Å²) in [6.07, 6.45) is 1.09. The Kier molecular flexibility index (Phi) is 3.41. The van der Waals surface area contributed by atoms with Crippen molar-refractivity contribution < 1.29 is 0 Å². The Balaban J connectivity index is 2.35. The normalized spacial score (nSPS) is 10.3. The molecule has 0 radical (unpaired) electrons. The molecular weight excluding hydrogens is 218 g/mol. The monoisotopic (exact) mass is 233 g/mol. The number of nitrogens with two attached hydrogens (primary N) is 1. The predicted octanol–water partition coefficient (Wildman–Crippen LogP) is 3.21. The molecule has 2 aromatic rings. The first kappa shape index (κ1) is 11.0. The molecule has 2 rings (SSSR count). The topological polar surface area (TPSA) is 50.9 Å². The van der Waals surface area contributed by atoms with Crippen LogP contribution in [0.15, 0.2) is 30.3 Å². The van der Waals surface area contributed by atoms with Gasteiger partial charge in [0.1, 0.15) is 10.8 Å². The molecule has 4 heteroatoms. The van der Waals surface area contributed by atoms with E-state index in [0.717, 1.165) is 29.1 Å². The van der Waals surface area contributed by atoms with Crippen molar-refractivity contribution in [3.63, 3.8) is 0 Å². The number of nitrogen functional groups attached to an aromatic ring is 1. The van der Waals surface area contributed by atoms with E-state index in [1.165, 1.54) is 11.5 Å². The quantitative estimate of drug-likeness (QED) is 0.852. The SMILES string of the molecule is CCCNc1snc(N)c1-c1ccccc1. The van der Waals surface area contributed by atoms with Crippen molar-refractivity contribution in [1.82, 2.24) is 4.37 Å². The highest BCUT2D eigenvalue weighted by atomic mass is 32.1. The van der Waals surface area contributed by atoms with Crippen LogP contribution >= 0.6 is 11.5 Å². The van der Waals surface area contributed by atoms with Crippen molar-refractivity contribution in [3.8, 4) is 11.1 Å². The Hall–Kier alpha value is -1.55. The predicted molar refractivity (Wildman–Crippen MR) is 70.7 cm³/mol. The van der Waals surface area contributed by atoms with Gasteiger partial charge >= 0.3 is 0 Å². The van der Waals surface area contributed by atoms with E-state index in [9.17, 15) is 0 Å². The molecule has 0 unspecified atom stereocenters. The molecule has 0 bridgehead atoms. The molecule has 0 spiro atoms. The van der Waals surface area contributed by atoms with Crippen LogP contribution in [0.1, 0.15) is 13.3 Å². The summed E-state index contributed by atoms with van der Waals surface area (Å²) in [6.45, 7) is 3.08. The number of nitrogens with one attached hydrogen (secondary N) is 1. The van der Waals surface area contributed by atoms with Crippen LogP contribution in [0.3, 0.4) is 0 Å². The molecule has 0 atom stereocenters. The van der Waals surface area contributed by atoms with Crippen LogP contribution in [-0.2, 0) is 0 Å². The summed E-state index contributed by atoms with van der Waals surface area (Å²) in [4.78, 5) is 0. The van der Waals surface area contributed by atoms with E-state index >= 15 is 0 Å². The van der Waals surface area contributed by atoms with Crippen LogP contribution < -0.4 is 11.1 Å². The van der Waals surface area contributed by atoms with Gasteiger partial charge in [-0.25, -0.2) is 0 Å². The zero-order chi connectivity index (χ0) is 11.4. The van der Waals surface area contributed by atoms with Gasteiger partial charge < -0.3 is 11.1 Å². The van der Waals surface area contributed by atoms with E-state index in [2.05, 4.69) is 28.7 Å². The number of rotatable bonds is 4. The van der Waals surface area contributed by atoms with Crippen molar-refractivity contribution in [2.75, 3.05) is 17.6 Å². The van der Waals surface area contributed by atoms with Crippen LogP contribution in [0.2, 0.25) is 0 Å². The molecule has 0 saturated carbocycles. The number of benzene rings is 1. The first-order valence-corrected chi connectivity index (χ1v) is 6.14. The Bertz CT molecular complexity index is 451. The maximum absolute atomic E-state index is 5.90. The maximum atomic E-state index is 5.90. The molecule has 1 aromatic carbocycles. The number of anilines is 2. The molecule has 0 aliphatic rings. The van der Waals surface area contributed by atoms with E-state index < -0.39 is 0 Å². The first-order chi connectivity index (χ1) is 7.83. The smallest absolute Gasteiger partial charge is 0.147 e. The number of hydrogen-bond donors (Lipinski definition) is 2. The van der Waals surface area contributed by atoms with Gasteiger partial charge in [0, 0.05) is 6.54 Å². The van der Waals surface area contributed by atoms with Gasteiger partial charge in [-0.15, -0.1) is 0 Å². The van der Waals surface area contributed by atoms with E-state index in [-0.39, 0.29) is 0 Å². The van der Waals surface area contributed by atoms with E-state index in [1.54, 1.807) is 0 Å². The van der Waals surface area contributed by atoms with E-state index in [0.29, 0.717) is 5.82 Å². The van der Waals surface area contributed by atoms with Crippen LogP contribution in [-0.4, -0.2) is 10.9 Å². The van der Waals surface area contributed by atoms with Gasteiger partial charge in [0.2, 0.25) is 0 Å². The molecule has 0 aliphatic carbocycles. The molecule has 3 nitrogen and oxygen atoms in total. The lowest BCUT2D eigenvalue weighted by atomic mass is 10.1. The molecule has 1 heterocycles. The summed E-state index contributed by atoms with van der Waals surface area (Å²) in [5, 5.41) is 4.42. The molecule has 0 fully saturated rings. The van der Waals surface area contributed by atoms with Gasteiger partial charge in [0.05, 0.1) is 5.56 Å². The largest absolute Gasteiger partial charge is 0.382 e. The highest BCUT2D eigenvalue weighted by molar-refractivity contribution is 7.11. The molecule has 16 heavy (non-hydrogen) atoms. The third kappa shape index (κ3) is 2.17. The zero-order valence-corrected chi connectivity index (χ0v) is 10.1. The summed E-state index contributed by atoms with van der Waals surface area (Å²) in [7, 11) is 0. The fourth-order valence-corrected chi connectivity index (χ4v) is 2.31. The van der Waals surface area contributed by atoms with Crippen molar-refractivity contribution in [3.05, 3.63) is 30.3 Å². The molecule has 84 valence electrons. The van der Waals surface area contributed by atoms with Gasteiger partial charge in [-0.2, -0.15) is 4.37 Å². The van der Waals surface area contributed by atoms with E-state index in [4.69, 9.17) is 5.73 Å². The standard InChI is InChI=1S/C12H15N3S/c1-2-8-14-12-10(11(13)15-16-12)9-6-4-3-5-7-9/h3-7,14H,2,8H2,1H3,(H2,13,15). The van der Waals surface area contributed by atoms with Gasteiger partial charge in [-0.1, -0.05) is 37.3 Å². The third-order valence-corrected chi connectivity index (χ3v) is 3.14. The lowest BCUT2D eigenvalue weighted by Crippen LogP contribution is -1.99. The fraction of sp³-hybridized carbons (Fsp3) is 0.250. The van der Waals surface area contributed by atoms with Gasteiger partial charge in [0.25, 0.3) is 0 Å². The second-order valence-electron chi connectivity index (χ2n) is 3.56. The Morgan fingerprint density at radius 1 is 1.31 bits per heavy atom. The Morgan fingerprint density at radius 3 is 2.75 bits per heavy atom. The molecule has 1 aromatic heterocycles. The van der Waals surface area contributed by atoms with E-state index in [1.807, 2.05) is 18.2 Å². The van der Waals surface area contributed by atoms with Crippen LogP contribution in [0.4, 0.5) is 10.8 Å². The van der Waals surface area contributed by atoms with Gasteiger partial charge in [-0.3, -0.25) is 0 Å². The van der Waals surface area contributed by atoms with Crippen LogP contribution in [0.5, 0.6) is 0 Å². The summed E-state index contributed by atoms with van der Waals surface area (Å²) >= 11 is 1.42. The summed E-state index contributed by atoms with van der Waals surface area (Å²) < 4.78 is 4.20.